The first-order valence-electron chi connectivity index (χ1n) is 10.9. The van der Waals surface area contributed by atoms with Crippen LogP contribution in [0.1, 0.15) is 38.1 Å². The van der Waals surface area contributed by atoms with Crippen molar-refractivity contribution in [2.24, 2.45) is 0 Å². The summed E-state index contributed by atoms with van der Waals surface area (Å²) in [4.78, 5) is 0.174. The van der Waals surface area contributed by atoms with Gasteiger partial charge in [-0.05, 0) is 51.1 Å². The fraction of sp³-hybridized carbons (Fsp3) is 0.231. The summed E-state index contributed by atoms with van der Waals surface area (Å²) in [7, 11) is -2.40. The molecule has 6 nitrogen and oxygen atoms in total. The van der Waals surface area contributed by atoms with Crippen molar-refractivity contribution in [1.29, 1.82) is 0 Å². The molecule has 0 aliphatic carbocycles. The Morgan fingerprint density at radius 2 is 1.56 bits per heavy atom. The van der Waals surface area contributed by atoms with E-state index in [0.717, 1.165) is 5.39 Å². The molecule has 8 heteroatoms. The molecule has 0 aliphatic rings. The monoisotopic (exact) mass is 496 g/mol. The number of rotatable bonds is 7. The van der Waals surface area contributed by atoms with Gasteiger partial charge in [-0.15, -0.1) is 4.72 Å². The van der Waals surface area contributed by atoms with E-state index in [1.54, 1.807) is 43.5 Å². The fourth-order valence-electron chi connectivity index (χ4n) is 3.79. The Morgan fingerprint density at radius 1 is 0.941 bits per heavy atom. The van der Waals surface area contributed by atoms with E-state index in [2.05, 4.69) is 4.72 Å². The van der Waals surface area contributed by atoms with Gasteiger partial charge in [-0.25, -0.2) is 12.4 Å². The van der Waals surface area contributed by atoms with Crippen molar-refractivity contribution in [3.8, 4) is 5.75 Å². The quantitative estimate of drug-likeness (QED) is 0.363. The van der Waals surface area contributed by atoms with E-state index >= 15 is 0 Å². The van der Waals surface area contributed by atoms with E-state index in [4.69, 9.17) is 4.74 Å². The van der Waals surface area contributed by atoms with Crippen molar-refractivity contribution >= 4 is 32.3 Å². The van der Waals surface area contributed by atoms with E-state index < -0.39 is 32.2 Å². The summed E-state index contributed by atoms with van der Waals surface area (Å²) in [6, 6.07) is 24.1. The van der Waals surface area contributed by atoms with Gasteiger partial charge in [-0.3, -0.25) is 0 Å². The van der Waals surface area contributed by atoms with Crippen LogP contribution in [0.4, 0.5) is 0 Å². The molecule has 4 aromatic rings. The lowest BCUT2D eigenvalue weighted by atomic mass is 10.0. The highest BCUT2D eigenvalue weighted by atomic mass is 32.2. The molecule has 0 bridgehead atoms. The van der Waals surface area contributed by atoms with E-state index in [0.29, 0.717) is 22.5 Å². The molecule has 0 radical (unpaired) electrons. The van der Waals surface area contributed by atoms with E-state index in [-0.39, 0.29) is 4.90 Å². The summed E-state index contributed by atoms with van der Waals surface area (Å²) in [6.07, 6.45) is 0. The minimum Gasteiger partial charge on any atom is -0.598 e. The number of nitrogens with one attached hydrogen (secondary N) is 1. The first-order chi connectivity index (χ1) is 16.1. The molecule has 1 aromatic heterocycles. The largest absolute Gasteiger partial charge is 0.598 e. The maximum absolute atomic E-state index is 13.9. The predicted molar refractivity (Wildman–Crippen MR) is 137 cm³/mol. The van der Waals surface area contributed by atoms with Crippen LogP contribution in [0.2, 0.25) is 0 Å². The molecule has 3 aromatic carbocycles. The Balaban J connectivity index is 2.02. The van der Waals surface area contributed by atoms with Gasteiger partial charge < -0.3 is 9.29 Å². The van der Waals surface area contributed by atoms with Crippen LogP contribution >= 0.6 is 0 Å². The molecule has 0 saturated carbocycles. The molecule has 1 N–H and O–H groups in total. The number of hydrogen-bond acceptors (Lipinski definition) is 5. The Hall–Kier alpha value is -2.78. The SMILES string of the molecule is COc1ccccc1[C@@H](N[S@@+]([O-])C(C)(C)C)c1cc2ccccc2n1S(=O)(=O)c1ccccc1. The molecular formula is C26H28N2O4S2. The highest BCUT2D eigenvalue weighted by Gasteiger charge is 2.35. The molecule has 1 heterocycles. The van der Waals surface area contributed by atoms with E-state index in [1.807, 2.05) is 69.3 Å². The van der Waals surface area contributed by atoms with Crippen LogP contribution in [-0.4, -0.2) is 28.8 Å². The van der Waals surface area contributed by atoms with Gasteiger partial charge in [0.15, 0.2) is 0 Å². The lowest BCUT2D eigenvalue weighted by Gasteiger charge is -2.29. The van der Waals surface area contributed by atoms with Crippen LogP contribution in [-0.2, 0) is 21.4 Å². The van der Waals surface area contributed by atoms with Gasteiger partial charge in [0, 0.05) is 22.3 Å². The third kappa shape index (κ3) is 4.59. The van der Waals surface area contributed by atoms with Gasteiger partial charge in [0.05, 0.1) is 23.2 Å². The van der Waals surface area contributed by atoms with Crippen molar-refractivity contribution in [2.45, 2.75) is 36.5 Å². The second-order valence-corrected chi connectivity index (χ2v) is 12.7. The molecule has 0 amide bonds. The third-order valence-corrected chi connectivity index (χ3v) is 8.82. The van der Waals surface area contributed by atoms with Crippen LogP contribution in [0, 0.1) is 0 Å². The van der Waals surface area contributed by atoms with Gasteiger partial charge in [0.1, 0.15) is 16.5 Å². The molecular weight excluding hydrogens is 468 g/mol. The Morgan fingerprint density at radius 3 is 2.24 bits per heavy atom. The number of benzene rings is 3. The van der Waals surface area contributed by atoms with E-state index in [1.165, 1.54) is 3.97 Å². The van der Waals surface area contributed by atoms with Crippen LogP contribution in [0.25, 0.3) is 10.9 Å². The van der Waals surface area contributed by atoms with Gasteiger partial charge in [-0.1, -0.05) is 54.6 Å². The third-order valence-electron chi connectivity index (χ3n) is 5.50. The summed E-state index contributed by atoms with van der Waals surface area (Å²) in [5, 5.41) is 0.764. The van der Waals surface area contributed by atoms with Crippen molar-refractivity contribution in [3.05, 3.63) is 96.2 Å². The zero-order chi connectivity index (χ0) is 24.5. The number of methoxy groups -OCH3 is 1. The molecule has 34 heavy (non-hydrogen) atoms. The first-order valence-corrected chi connectivity index (χ1v) is 13.5. The van der Waals surface area contributed by atoms with Crippen molar-refractivity contribution in [1.82, 2.24) is 8.69 Å². The second kappa shape index (κ2) is 9.46. The van der Waals surface area contributed by atoms with Crippen LogP contribution in [0.15, 0.2) is 89.8 Å². The fourth-order valence-corrected chi connectivity index (χ4v) is 6.18. The standard InChI is InChI=1S/C26H28N2O4S2/c1-26(2,3)33(29)27-25(21-15-9-11-17-24(21)32-4)23-18-19-12-8-10-16-22(19)28(23)34(30,31)20-13-6-5-7-14-20/h5-18,25,27H,1-4H3/t25-,33+/m1/s1. The van der Waals surface area contributed by atoms with Crippen LogP contribution < -0.4 is 9.46 Å². The summed E-state index contributed by atoms with van der Waals surface area (Å²) >= 11 is -1.49. The van der Waals surface area contributed by atoms with Crippen molar-refractivity contribution in [3.63, 3.8) is 0 Å². The molecule has 4 rings (SSSR count). The lowest BCUT2D eigenvalue weighted by Crippen LogP contribution is -2.42. The van der Waals surface area contributed by atoms with Crippen molar-refractivity contribution < 1.29 is 17.7 Å². The number of hydrogen-bond donors (Lipinski definition) is 1. The topological polar surface area (TPSA) is 83.4 Å². The molecule has 0 fully saturated rings. The zero-order valence-electron chi connectivity index (χ0n) is 19.6. The number of fused-ring (bicyclic) bond motifs is 1. The molecule has 0 aliphatic heterocycles. The number of ether oxygens (including phenoxy) is 1. The van der Waals surface area contributed by atoms with Gasteiger partial charge in [-0.2, -0.15) is 0 Å². The number of nitrogens with zero attached hydrogens (tertiary/aromatic N) is 1. The average molecular weight is 497 g/mol. The molecule has 0 saturated heterocycles. The summed E-state index contributed by atoms with van der Waals surface area (Å²) in [6.45, 7) is 5.60. The first kappa shape index (κ1) is 24.3. The maximum atomic E-state index is 13.9. The lowest BCUT2D eigenvalue weighted by molar-refractivity contribution is 0.405. The van der Waals surface area contributed by atoms with Crippen LogP contribution in [0.5, 0.6) is 5.75 Å². The minimum atomic E-state index is -3.96. The Bertz CT molecular complexity index is 1390. The summed E-state index contributed by atoms with van der Waals surface area (Å²) in [5.74, 6) is 0.569. The zero-order valence-corrected chi connectivity index (χ0v) is 21.2. The molecule has 2 atom stereocenters. The molecule has 0 spiro atoms. The minimum absolute atomic E-state index is 0.174. The smallest absolute Gasteiger partial charge is 0.268 e. The predicted octanol–water partition coefficient (Wildman–Crippen LogP) is 5.03. The maximum Gasteiger partial charge on any atom is 0.268 e. The van der Waals surface area contributed by atoms with E-state index in [9.17, 15) is 13.0 Å². The van der Waals surface area contributed by atoms with Gasteiger partial charge in [0.25, 0.3) is 10.0 Å². The summed E-state index contributed by atoms with van der Waals surface area (Å²) < 4.78 is 50.7. The summed E-state index contributed by atoms with van der Waals surface area (Å²) in [5.41, 5.74) is 1.69. The van der Waals surface area contributed by atoms with Gasteiger partial charge in [0.2, 0.25) is 0 Å². The highest BCUT2D eigenvalue weighted by Crippen LogP contribution is 2.36. The Kier molecular flexibility index (Phi) is 6.78. The Labute approximate surface area is 203 Å². The number of aromatic nitrogens is 1. The molecule has 178 valence electrons. The average Bonchev–Trinajstić information content (AvgIpc) is 3.22. The normalized spacial score (nSPS) is 14.1. The highest BCUT2D eigenvalue weighted by molar-refractivity contribution is 7.91. The molecule has 0 unspecified atom stereocenters. The second-order valence-electron chi connectivity index (χ2n) is 8.88. The number of para-hydroxylation sites is 2. The van der Waals surface area contributed by atoms with Gasteiger partial charge >= 0.3 is 0 Å². The van der Waals surface area contributed by atoms with Crippen molar-refractivity contribution in [2.75, 3.05) is 7.11 Å². The van der Waals surface area contributed by atoms with Crippen LogP contribution in [0.3, 0.4) is 0 Å².